The Bertz CT molecular complexity index is 368. The van der Waals surface area contributed by atoms with E-state index in [1.807, 2.05) is 11.8 Å². The number of urea groups is 1. The van der Waals surface area contributed by atoms with E-state index in [9.17, 15) is 14.7 Å². The molecule has 1 saturated carbocycles. The van der Waals surface area contributed by atoms with Crippen molar-refractivity contribution in [2.75, 3.05) is 26.2 Å². The minimum atomic E-state index is -0.801. The lowest BCUT2D eigenvalue weighted by atomic mass is 9.85. The maximum atomic E-state index is 12.4. The largest absolute Gasteiger partial charge is 0.481 e. The summed E-state index contributed by atoms with van der Waals surface area (Å²) in [4.78, 5) is 27.2. The van der Waals surface area contributed by atoms with Crippen LogP contribution in [0.4, 0.5) is 4.79 Å². The Morgan fingerprint density at radius 3 is 2.53 bits per heavy atom. The molecule has 1 N–H and O–H groups in total. The molecule has 2 rings (SSSR count). The zero-order chi connectivity index (χ0) is 14.0. The van der Waals surface area contributed by atoms with Gasteiger partial charge in [0, 0.05) is 26.2 Å². The molecule has 0 aromatic heterocycles. The lowest BCUT2D eigenvalue weighted by Gasteiger charge is -2.34. The number of hydrogen-bond donors (Lipinski definition) is 1. The fourth-order valence-corrected chi connectivity index (χ4v) is 2.83. The van der Waals surface area contributed by atoms with E-state index in [0.717, 1.165) is 6.54 Å². The van der Waals surface area contributed by atoms with Gasteiger partial charge in [-0.25, -0.2) is 4.79 Å². The average molecular weight is 268 g/mol. The van der Waals surface area contributed by atoms with Crippen molar-refractivity contribution in [1.82, 2.24) is 9.80 Å². The van der Waals surface area contributed by atoms with E-state index >= 15 is 0 Å². The zero-order valence-electron chi connectivity index (χ0n) is 11.9. The molecule has 5 heteroatoms. The Morgan fingerprint density at radius 1 is 1.42 bits per heavy atom. The van der Waals surface area contributed by atoms with Gasteiger partial charge in [0.05, 0.1) is 5.41 Å². The predicted octanol–water partition coefficient (Wildman–Crippen LogP) is 2.03. The summed E-state index contributed by atoms with van der Waals surface area (Å²) in [5.41, 5.74) is -0.772. The van der Waals surface area contributed by atoms with Crippen LogP contribution in [0.15, 0.2) is 0 Å². The Hall–Kier alpha value is -1.26. The smallest absolute Gasteiger partial charge is 0.320 e. The molecule has 1 aliphatic heterocycles. The van der Waals surface area contributed by atoms with E-state index in [0.29, 0.717) is 32.0 Å². The first-order chi connectivity index (χ1) is 8.96. The molecule has 2 aliphatic rings. The number of carboxylic acids is 1. The van der Waals surface area contributed by atoms with Gasteiger partial charge >= 0.3 is 12.0 Å². The molecular weight excluding hydrogens is 244 g/mol. The Balaban J connectivity index is 1.93. The van der Waals surface area contributed by atoms with Gasteiger partial charge in [-0.2, -0.15) is 0 Å². The molecule has 0 aromatic carbocycles. The van der Waals surface area contributed by atoms with Crippen LogP contribution in [0.1, 0.15) is 39.5 Å². The van der Waals surface area contributed by atoms with Crippen molar-refractivity contribution >= 4 is 12.0 Å². The van der Waals surface area contributed by atoms with E-state index < -0.39 is 11.4 Å². The second-order valence-electron chi connectivity index (χ2n) is 6.16. The summed E-state index contributed by atoms with van der Waals surface area (Å²) >= 11 is 0. The van der Waals surface area contributed by atoms with Crippen molar-refractivity contribution in [3.8, 4) is 0 Å². The summed E-state index contributed by atoms with van der Waals surface area (Å²) in [6.45, 7) is 6.14. The highest BCUT2D eigenvalue weighted by molar-refractivity contribution is 5.79. The standard InChI is InChI=1S/C14H24N2O3/c1-3-15(9-11-5-4-6-11)13(19)16-8-7-14(2,10-16)12(17)18/h11H,3-10H2,1-2H3,(H,17,18). The van der Waals surface area contributed by atoms with E-state index in [4.69, 9.17) is 0 Å². The maximum Gasteiger partial charge on any atom is 0.320 e. The van der Waals surface area contributed by atoms with Crippen molar-refractivity contribution in [3.63, 3.8) is 0 Å². The Kier molecular flexibility index (Phi) is 4.02. The number of carbonyl (C=O) groups is 2. The van der Waals surface area contributed by atoms with Gasteiger partial charge in [0.15, 0.2) is 0 Å². The van der Waals surface area contributed by atoms with E-state index in [1.165, 1.54) is 19.3 Å². The fraction of sp³-hybridized carbons (Fsp3) is 0.857. The van der Waals surface area contributed by atoms with Gasteiger partial charge in [-0.15, -0.1) is 0 Å². The molecule has 1 aliphatic carbocycles. The first kappa shape index (κ1) is 14.2. The first-order valence-corrected chi connectivity index (χ1v) is 7.23. The molecule has 108 valence electrons. The van der Waals surface area contributed by atoms with Crippen molar-refractivity contribution in [2.45, 2.75) is 39.5 Å². The summed E-state index contributed by atoms with van der Waals surface area (Å²) in [6, 6.07) is 0.0133. The molecule has 0 radical (unpaired) electrons. The highest BCUT2D eigenvalue weighted by Gasteiger charge is 2.43. The van der Waals surface area contributed by atoms with Crippen LogP contribution in [0.2, 0.25) is 0 Å². The number of likely N-dealkylation sites (tertiary alicyclic amines) is 1. The molecular formula is C14H24N2O3. The molecule has 0 spiro atoms. The van der Waals surface area contributed by atoms with E-state index in [2.05, 4.69) is 0 Å². The normalized spacial score (nSPS) is 27.2. The van der Waals surface area contributed by atoms with Crippen LogP contribution in [0, 0.1) is 11.3 Å². The number of nitrogens with zero attached hydrogens (tertiary/aromatic N) is 2. The van der Waals surface area contributed by atoms with Crippen LogP contribution in [-0.4, -0.2) is 53.1 Å². The second kappa shape index (κ2) is 5.39. The number of amides is 2. The third-order valence-corrected chi connectivity index (χ3v) is 4.62. The van der Waals surface area contributed by atoms with Gasteiger partial charge in [-0.1, -0.05) is 6.42 Å². The van der Waals surface area contributed by atoms with Crippen LogP contribution in [0.3, 0.4) is 0 Å². The molecule has 1 saturated heterocycles. The van der Waals surface area contributed by atoms with Crippen LogP contribution >= 0.6 is 0 Å². The molecule has 1 unspecified atom stereocenters. The molecule has 0 bridgehead atoms. The lowest BCUT2D eigenvalue weighted by molar-refractivity contribution is -0.147. The highest BCUT2D eigenvalue weighted by atomic mass is 16.4. The third-order valence-electron chi connectivity index (χ3n) is 4.62. The van der Waals surface area contributed by atoms with Crippen LogP contribution in [-0.2, 0) is 4.79 Å². The van der Waals surface area contributed by atoms with Crippen molar-refractivity contribution in [3.05, 3.63) is 0 Å². The molecule has 1 heterocycles. The summed E-state index contributed by atoms with van der Waals surface area (Å²) in [7, 11) is 0. The molecule has 5 nitrogen and oxygen atoms in total. The average Bonchev–Trinajstić information content (AvgIpc) is 2.72. The Morgan fingerprint density at radius 2 is 2.11 bits per heavy atom. The second-order valence-corrected chi connectivity index (χ2v) is 6.16. The van der Waals surface area contributed by atoms with Gasteiger partial charge in [0.1, 0.15) is 0 Å². The fourth-order valence-electron chi connectivity index (χ4n) is 2.83. The van der Waals surface area contributed by atoms with Crippen molar-refractivity contribution in [1.29, 1.82) is 0 Å². The van der Waals surface area contributed by atoms with Gasteiger partial charge < -0.3 is 14.9 Å². The van der Waals surface area contributed by atoms with Crippen LogP contribution in [0.5, 0.6) is 0 Å². The zero-order valence-corrected chi connectivity index (χ0v) is 11.9. The van der Waals surface area contributed by atoms with Gasteiger partial charge in [0.2, 0.25) is 0 Å². The van der Waals surface area contributed by atoms with Gasteiger partial charge in [-0.3, -0.25) is 4.79 Å². The molecule has 19 heavy (non-hydrogen) atoms. The molecule has 2 amide bonds. The first-order valence-electron chi connectivity index (χ1n) is 7.23. The Labute approximate surface area is 114 Å². The molecule has 0 aromatic rings. The third kappa shape index (κ3) is 2.85. The number of aliphatic carboxylic acids is 1. The minimum Gasteiger partial charge on any atom is -0.481 e. The summed E-state index contributed by atoms with van der Waals surface area (Å²) in [5, 5.41) is 9.21. The lowest BCUT2D eigenvalue weighted by Crippen LogP contribution is -2.46. The number of hydrogen-bond acceptors (Lipinski definition) is 2. The number of rotatable bonds is 4. The minimum absolute atomic E-state index is 0.0133. The number of carboxylic acid groups (broad SMARTS) is 1. The van der Waals surface area contributed by atoms with Crippen molar-refractivity contribution in [2.24, 2.45) is 11.3 Å². The topological polar surface area (TPSA) is 60.9 Å². The molecule has 2 fully saturated rings. The van der Waals surface area contributed by atoms with E-state index in [1.54, 1.807) is 11.8 Å². The maximum absolute atomic E-state index is 12.4. The summed E-state index contributed by atoms with van der Waals surface area (Å²) < 4.78 is 0. The highest BCUT2D eigenvalue weighted by Crippen LogP contribution is 2.32. The van der Waals surface area contributed by atoms with Gasteiger partial charge in [0.25, 0.3) is 0 Å². The number of carbonyl (C=O) groups excluding carboxylic acids is 1. The monoisotopic (exact) mass is 268 g/mol. The molecule has 1 atom stereocenters. The quantitative estimate of drug-likeness (QED) is 0.848. The summed E-state index contributed by atoms with van der Waals surface area (Å²) in [6.07, 6.45) is 4.26. The van der Waals surface area contributed by atoms with Crippen LogP contribution in [0.25, 0.3) is 0 Å². The SMILES string of the molecule is CCN(CC1CCC1)C(=O)N1CCC(C)(C(=O)O)C1. The van der Waals surface area contributed by atoms with Crippen LogP contribution < -0.4 is 0 Å². The van der Waals surface area contributed by atoms with E-state index in [-0.39, 0.29) is 6.03 Å². The summed E-state index contributed by atoms with van der Waals surface area (Å²) in [5.74, 6) is -0.151. The van der Waals surface area contributed by atoms with Gasteiger partial charge in [-0.05, 0) is 39.0 Å². The van der Waals surface area contributed by atoms with Crippen molar-refractivity contribution < 1.29 is 14.7 Å². The predicted molar refractivity (Wildman–Crippen MR) is 71.9 cm³/mol.